The Labute approximate surface area is 122 Å². The monoisotopic (exact) mass is 331 g/mol. The van der Waals surface area contributed by atoms with Crippen molar-refractivity contribution in [2.75, 3.05) is 13.1 Å². The number of rotatable bonds is 7. The summed E-state index contributed by atoms with van der Waals surface area (Å²) in [6, 6.07) is 0. The smallest absolute Gasteiger partial charge is 0.317 e. The fourth-order valence-corrected chi connectivity index (χ4v) is 2.53. The van der Waals surface area contributed by atoms with Crippen LogP contribution in [0.1, 0.15) is 32.2 Å². The molecule has 0 amide bonds. The number of aliphatic carboxylic acids is 1. The van der Waals surface area contributed by atoms with E-state index in [0.29, 0.717) is 12.5 Å². The lowest BCUT2D eigenvalue weighted by atomic mass is 10.2. The molecule has 1 rings (SSSR count). The van der Waals surface area contributed by atoms with Gasteiger partial charge >= 0.3 is 5.97 Å². The van der Waals surface area contributed by atoms with Crippen molar-refractivity contribution >= 4 is 21.9 Å². The third-order valence-corrected chi connectivity index (χ3v) is 3.84. The van der Waals surface area contributed by atoms with E-state index in [0.717, 1.165) is 29.0 Å². The number of hydrogen-bond donors (Lipinski definition) is 1. The molecule has 0 atom stereocenters. The number of carboxylic acid groups (broad SMARTS) is 1. The van der Waals surface area contributed by atoms with Crippen molar-refractivity contribution in [1.82, 2.24) is 14.7 Å². The third kappa shape index (κ3) is 4.62. The Kier molecular flexibility index (Phi) is 6.00. The second-order valence-corrected chi connectivity index (χ2v) is 5.91. The van der Waals surface area contributed by atoms with Gasteiger partial charge < -0.3 is 5.11 Å². The molecule has 0 aliphatic rings. The third-order valence-electron chi connectivity index (χ3n) is 2.81. The molecule has 108 valence electrons. The second kappa shape index (κ2) is 7.05. The van der Waals surface area contributed by atoms with E-state index in [9.17, 15) is 4.79 Å². The number of hydrogen-bond acceptors (Lipinski definition) is 3. The molecule has 1 aromatic heterocycles. The Morgan fingerprint density at radius 1 is 1.53 bits per heavy atom. The molecule has 1 aromatic rings. The van der Waals surface area contributed by atoms with Gasteiger partial charge in [0.1, 0.15) is 0 Å². The second-order valence-electron chi connectivity index (χ2n) is 5.12. The van der Waals surface area contributed by atoms with Crippen LogP contribution in [0.25, 0.3) is 0 Å². The minimum Gasteiger partial charge on any atom is -0.480 e. The molecule has 5 nitrogen and oxygen atoms in total. The normalized spacial score (nSPS) is 11.5. The zero-order chi connectivity index (χ0) is 14.6. The highest BCUT2D eigenvalue weighted by molar-refractivity contribution is 9.10. The number of nitrogens with zero attached hydrogens (tertiary/aromatic N) is 3. The lowest BCUT2D eigenvalue weighted by Crippen LogP contribution is -2.33. The van der Waals surface area contributed by atoms with E-state index in [2.05, 4.69) is 34.9 Å². The molecule has 0 saturated heterocycles. The summed E-state index contributed by atoms with van der Waals surface area (Å²) in [4.78, 5) is 12.9. The van der Waals surface area contributed by atoms with Crippen molar-refractivity contribution < 1.29 is 9.90 Å². The minimum atomic E-state index is -0.795. The molecule has 1 heterocycles. The molecule has 19 heavy (non-hydrogen) atoms. The summed E-state index contributed by atoms with van der Waals surface area (Å²) < 4.78 is 2.91. The van der Waals surface area contributed by atoms with Crippen molar-refractivity contribution in [2.24, 2.45) is 5.92 Å². The SMILES string of the molecule is CCn1nc(C)c(Br)c1CN(CC(=O)O)CC(C)C. The molecule has 0 unspecified atom stereocenters. The van der Waals surface area contributed by atoms with E-state index in [4.69, 9.17) is 5.11 Å². The van der Waals surface area contributed by atoms with Gasteiger partial charge in [0.25, 0.3) is 0 Å². The first-order chi connectivity index (χ1) is 8.85. The van der Waals surface area contributed by atoms with Gasteiger partial charge in [-0.25, -0.2) is 0 Å². The van der Waals surface area contributed by atoms with E-state index in [1.165, 1.54) is 0 Å². The maximum atomic E-state index is 11.0. The average Bonchev–Trinajstić information content (AvgIpc) is 2.55. The van der Waals surface area contributed by atoms with Gasteiger partial charge in [-0.15, -0.1) is 0 Å². The van der Waals surface area contributed by atoms with E-state index in [1.54, 1.807) is 0 Å². The van der Waals surface area contributed by atoms with Crippen LogP contribution in [0.15, 0.2) is 4.47 Å². The van der Waals surface area contributed by atoms with Crippen LogP contribution in [0.2, 0.25) is 0 Å². The highest BCUT2D eigenvalue weighted by atomic mass is 79.9. The summed E-state index contributed by atoms with van der Waals surface area (Å²) in [6.07, 6.45) is 0. The Hall–Kier alpha value is -0.880. The Morgan fingerprint density at radius 3 is 2.63 bits per heavy atom. The van der Waals surface area contributed by atoms with Crippen LogP contribution in [0.5, 0.6) is 0 Å². The van der Waals surface area contributed by atoms with Crippen LogP contribution in [0.3, 0.4) is 0 Å². The highest BCUT2D eigenvalue weighted by Gasteiger charge is 2.18. The van der Waals surface area contributed by atoms with Crippen LogP contribution >= 0.6 is 15.9 Å². The number of aromatic nitrogens is 2. The van der Waals surface area contributed by atoms with Gasteiger partial charge in [-0.3, -0.25) is 14.4 Å². The topological polar surface area (TPSA) is 58.4 Å². The van der Waals surface area contributed by atoms with Crippen molar-refractivity contribution in [3.8, 4) is 0 Å². The first kappa shape index (κ1) is 16.2. The van der Waals surface area contributed by atoms with Crippen molar-refractivity contribution in [3.05, 3.63) is 15.9 Å². The van der Waals surface area contributed by atoms with Gasteiger partial charge in [0.15, 0.2) is 0 Å². The lowest BCUT2D eigenvalue weighted by molar-refractivity contribution is -0.138. The number of halogens is 1. The van der Waals surface area contributed by atoms with Gasteiger partial charge in [-0.2, -0.15) is 5.10 Å². The molecule has 6 heteroatoms. The van der Waals surface area contributed by atoms with Crippen molar-refractivity contribution in [2.45, 2.75) is 40.8 Å². The molecule has 0 aliphatic carbocycles. The van der Waals surface area contributed by atoms with Crippen LogP contribution in [0, 0.1) is 12.8 Å². The van der Waals surface area contributed by atoms with Crippen LogP contribution < -0.4 is 0 Å². The van der Waals surface area contributed by atoms with Gasteiger partial charge in [-0.1, -0.05) is 13.8 Å². The van der Waals surface area contributed by atoms with E-state index in [-0.39, 0.29) is 6.54 Å². The fourth-order valence-electron chi connectivity index (χ4n) is 2.12. The molecule has 0 saturated carbocycles. The quantitative estimate of drug-likeness (QED) is 0.834. The van der Waals surface area contributed by atoms with Crippen molar-refractivity contribution in [1.29, 1.82) is 0 Å². The summed E-state index contributed by atoms with van der Waals surface area (Å²) in [7, 11) is 0. The zero-order valence-electron chi connectivity index (χ0n) is 12.0. The van der Waals surface area contributed by atoms with E-state index >= 15 is 0 Å². The van der Waals surface area contributed by atoms with Gasteiger partial charge in [0, 0.05) is 19.6 Å². The Morgan fingerprint density at radius 2 is 2.16 bits per heavy atom. The standard InChI is InChI=1S/C13H22BrN3O2/c1-5-17-11(13(14)10(4)15-17)7-16(6-9(2)3)8-12(18)19/h9H,5-8H2,1-4H3,(H,18,19). The summed E-state index contributed by atoms with van der Waals surface area (Å²) in [6.45, 7) is 10.4. The molecule has 0 aromatic carbocycles. The summed E-state index contributed by atoms with van der Waals surface area (Å²) in [5, 5.41) is 13.4. The first-order valence-electron chi connectivity index (χ1n) is 6.51. The van der Waals surface area contributed by atoms with Crippen molar-refractivity contribution in [3.63, 3.8) is 0 Å². The average molecular weight is 332 g/mol. The first-order valence-corrected chi connectivity index (χ1v) is 7.30. The van der Waals surface area contributed by atoms with Gasteiger partial charge in [0.2, 0.25) is 0 Å². The number of carboxylic acids is 1. The summed E-state index contributed by atoms with van der Waals surface area (Å²) in [5.41, 5.74) is 1.98. The van der Waals surface area contributed by atoms with Crippen LogP contribution in [-0.4, -0.2) is 38.8 Å². The van der Waals surface area contributed by atoms with Gasteiger partial charge in [-0.05, 0) is 35.7 Å². The predicted octanol–water partition coefficient (Wildman–Crippen LogP) is 2.52. The molecule has 1 N–H and O–H groups in total. The highest BCUT2D eigenvalue weighted by Crippen LogP contribution is 2.22. The Bertz CT molecular complexity index is 443. The molecular weight excluding hydrogens is 310 g/mol. The molecule has 0 fully saturated rings. The van der Waals surface area contributed by atoms with E-state index < -0.39 is 5.97 Å². The summed E-state index contributed by atoms with van der Waals surface area (Å²) >= 11 is 3.55. The fraction of sp³-hybridized carbons (Fsp3) is 0.692. The minimum absolute atomic E-state index is 0.0541. The molecular formula is C13H22BrN3O2. The molecule has 0 aliphatic heterocycles. The maximum absolute atomic E-state index is 11.0. The van der Waals surface area contributed by atoms with E-state index in [1.807, 2.05) is 23.4 Å². The van der Waals surface area contributed by atoms with Crippen LogP contribution in [-0.2, 0) is 17.9 Å². The maximum Gasteiger partial charge on any atom is 0.317 e. The predicted molar refractivity (Wildman–Crippen MR) is 78.1 cm³/mol. The Balaban J connectivity index is 2.91. The molecule has 0 radical (unpaired) electrons. The zero-order valence-corrected chi connectivity index (χ0v) is 13.6. The molecule has 0 spiro atoms. The molecule has 0 bridgehead atoms. The van der Waals surface area contributed by atoms with Crippen LogP contribution in [0.4, 0.5) is 0 Å². The number of carbonyl (C=O) groups is 1. The number of aryl methyl sites for hydroxylation is 2. The summed E-state index contributed by atoms with van der Waals surface area (Å²) in [5.74, 6) is -0.367. The lowest BCUT2D eigenvalue weighted by Gasteiger charge is -2.22. The van der Waals surface area contributed by atoms with Gasteiger partial charge in [0.05, 0.1) is 22.4 Å². The largest absolute Gasteiger partial charge is 0.480 e.